The zero-order valence-electron chi connectivity index (χ0n) is 11.0. The van der Waals surface area contributed by atoms with Gasteiger partial charge in [-0.25, -0.2) is 0 Å². The predicted molar refractivity (Wildman–Crippen MR) is 77.5 cm³/mol. The number of para-hydroxylation sites is 1. The highest BCUT2D eigenvalue weighted by Crippen LogP contribution is 2.19. The van der Waals surface area contributed by atoms with Gasteiger partial charge in [0.25, 0.3) is 0 Å². The minimum absolute atomic E-state index is 0.153. The van der Waals surface area contributed by atoms with Crippen LogP contribution in [0.1, 0.15) is 11.1 Å². The minimum Gasteiger partial charge on any atom is -0.480 e. The predicted octanol–water partition coefficient (Wildman–Crippen LogP) is 1.39. The molecule has 0 saturated heterocycles. The summed E-state index contributed by atoms with van der Waals surface area (Å²) >= 11 is 1.21. The SMILES string of the molecule is Cc1cccc(C)c1NC(=O)CSCC(N)C(=O)O. The first-order chi connectivity index (χ1) is 8.91. The maximum absolute atomic E-state index is 11.7. The second-order valence-corrected chi connectivity index (χ2v) is 5.31. The maximum atomic E-state index is 11.7. The lowest BCUT2D eigenvalue weighted by Gasteiger charge is -2.11. The highest BCUT2D eigenvalue weighted by Gasteiger charge is 2.13. The van der Waals surface area contributed by atoms with Crippen molar-refractivity contribution in [2.45, 2.75) is 19.9 Å². The first kappa shape index (κ1) is 15.5. The summed E-state index contributed by atoms with van der Waals surface area (Å²) in [6.07, 6.45) is 0. The topological polar surface area (TPSA) is 92.4 Å². The van der Waals surface area contributed by atoms with E-state index in [1.165, 1.54) is 11.8 Å². The zero-order valence-corrected chi connectivity index (χ0v) is 11.8. The molecular weight excluding hydrogens is 264 g/mol. The lowest BCUT2D eigenvalue weighted by Crippen LogP contribution is -2.33. The Morgan fingerprint density at radius 3 is 2.47 bits per heavy atom. The number of carbonyl (C=O) groups is 2. The van der Waals surface area contributed by atoms with Gasteiger partial charge in [0.15, 0.2) is 0 Å². The lowest BCUT2D eigenvalue weighted by molar-refractivity contribution is -0.137. The van der Waals surface area contributed by atoms with Crippen molar-refractivity contribution in [1.29, 1.82) is 0 Å². The molecule has 1 rings (SSSR count). The molecule has 0 aliphatic rings. The van der Waals surface area contributed by atoms with E-state index in [2.05, 4.69) is 5.32 Å². The number of nitrogens with one attached hydrogen (secondary N) is 1. The van der Waals surface area contributed by atoms with Crippen LogP contribution in [-0.4, -0.2) is 34.5 Å². The minimum atomic E-state index is -1.05. The molecular formula is C13H18N2O3S. The van der Waals surface area contributed by atoms with Crippen LogP contribution in [0, 0.1) is 13.8 Å². The first-order valence-electron chi connectivity index (χ1n) is 5.84. The number of hydrogen-bond acceptors (Lipinski definition) is 4. The van der Waals surface area contributed by atoms with Crippen LogP contribution in [0.15, 0.2) is 18.2 Å². The van der Waals surface area contributed by atoms with Crippen molar-refractivity contribution in [3.63, 3.8) is 0 Å². The monoisotopic (exact) mass is 282 g/mol. The van der Waals surface area contributed by atoms with Gasteiger partial charge in [0.2, 0.25) is 5.91 Å². The Morgan fingerprint density at radius 2 is 1.95 bits per heavy atom. The molecule has 4 N–H and O–H groups in total. The number of amides is 1. The number of carboxylic acid groups (broad SMARTS) is 1. The van der Waals surface area contributed by atoms with Gasteiger partial charge in [-0.15, -0.1) is 11.8 Å². The van der Waals surface area contributed by atoms with Crippen molar-refractivity contribution in [3.8, 4) is 0 Å². The molecule has 5 nitrogen and oxygen atoms in total. The Kier molecular flexibility index (Phi) is 5.85. The molecule has 0 saturated carbocycles. The van der Waals surface area contributed by atoms with E-state index in [0.29, 0.717) is 0 Å². The fourth-order valence-electron chi connectivity index (χ4n) is 1.54. The second-order valence-electron chi connectivity index (χ2n) is 4.27. The molecule has 0 aliphatic heterocycles. The van der Waals surface area contributed by atoms with Gasteiger partial charge < -0.3 is 16.2 Å². The molecule has 1 amide bonds. The van der Waals surface area contributed by atoms with Crippen LogP contribution < -0.4 is 11.1 Å². The third-order valence-corrected chi connectivity index (χ3v) is 3.65. The molecule has 19 heavy (non-hydrogen) atoms. The van der Waals surface area contributed by atoms with Crippen LogP contribution in [0.5, 0.6) is 0 Å². The number of hydrogen-bond donors (Lipinski definition) is 3. The molecule has 0 bridgehead atoms. The van der Waals surface area contributed by atoms with Crippen molar-refractivity contribution in [2.75, 3.05) is 16.8 Å². The fourth-order valence-corrected chi connectivity index (χ4v) is 2.31. The molecule has 104 valence electrons. The van der Waals surface area contributed by atoms with Crippen LogP contribution in [-0.2, 0) is 9.59 Å². The summed E-state index contributed by atoms with van der Waals surface area (Å²) in [6.45, 7) is 3.85. The van der Waals surface area contributed by atoms with Gasteiger partial charge in [-0.05, 0) is 25.0 Å². The molecule has 0 spiro atoms. The van der Waals surface area contributed by atoms with Gasteiger partial charge in [-0.3, -0.25) is 9.59 Å². The van der Waals surface area contributed by atoms with Crippen LogP contribution in [0.25, 0.3) is 0 Å². The number of thioether (sulfide) groups is 1. The summed E-state index contributed by atoms with van der Waals surface area (Å²) in [5, 5.41) is 11.4. The summed E-state index contributed by atoms with van der Waals surface area (Å²) < 4.78 is 0. The third kappa shape index (κ3) is 4.92. The van der Waals surface area contributed by atoms with Crippen molar-refractivity contribution in [3.05, 3.63) is 29.3 Å². The average molecular weight is 282 g/mol. The molecule has 6 heteroatoms. The second kappa shape index (κ2) is 7.16. The van der Waals surface area contributed by atoms with Crippen molar-refractivity contribution < 1.29 is 14.7 Å². The van der Waals surface area contributed by atoms with Gasteiger partial charge in [-0.2, -0.15) is 0 Å². The lowest BCUT2D eigenvalue weighted by atomic mass is 10.1. The fraction of sp³-hybridized carbons (Fsp3) is 0.385. The Hall–Kier alpha value is -1.53. The van der Waals surface area contributed by atoms with E-state index in [4.69, 9.17) is 10.8 Å². The molecule has 0 aliphatic carbocycles. The van der Waals surface area contributed by atoms with E-state index in [1.807, 2.05) is 32.0 Å². The van der Waals surface area contributed by atoms with E-state index >= 15 is 0 Å². The molecule has 1 atom stereocenters. The third-order valence-electron chi connectivity index (χ3n) is 2.59. The number of carbonyl (C=O) groups excluding carboxylic acids is 1. The highest BCUT2D eigenvalue weighted by atomic mass is 32.2. The number of aryl methyl sites for hydroxylation is 2. The van der Waals surface area contributed by atoms with Crippen molar-refractivity contribution in [1.82, 2.24) is 0 Å². The summed E-state index contributed by atoms with van der Waals surface area (Å²) in [5.41, 5.74) is 8.17. The Bertz CT molecular complexity index is 457. The highest BCUT2D eigenvalue weighted by molar-refractivity contribution is 8.00. The Labute approximate surface area is 116 Å². The molecule has 0 aromatic heterocycles. The van der Waals surface area contributed by atoms with Crippen LogP contribution in [0.4, 0.5) is 5.69 Å². The number of nitrogens with two attached hydrogens (primary N) is 1. The Morgan fingerprint density at radius 1 is 1.37 bits per heavy atom. The van der Waals surface area contributed by atoms with E-state index in [9.17, 15) is 9.59 Å². The number of benzene rings is 1. The van der Waals surface area contributed by atoms with Gasteiger partial charge in [-0.1, -0.05) is 18.2 Å². The normalized spacial score (nSPS) is 11.9. The number of rotatable bonds is 6. The number of aliphatic carboxylic acids is 1. The summed E-state index contributed by atoms with van der Waals surface area (Å²) in [4.78, 5) is 22.3. The molecule has 0 radical (unpaired) electrons. The van der Waals surface area contributed by atoms with E-state index in [1.54, 1.807) is 0 Å². The van der Waals surface area contributed by atoms with Gasteiger partial charge >= 0.3 is 5.97 Å². The quantitative estimate of drug-likeness (QED) is 0.733. The number of anilines is 1. The van der Waals surface area contributed by atoms with Crippen LogP contribution in [0.3, 0.4) is 0 Å². The van der Waals surface area contributed by atoms with Crippen LogP contribution >= 0.6 is 11.8 Å². The molecule has 1 aromatic rings. The summed E-state index contributed by atoms with van der Waals surface area (Å²) in [5.74, 6) is -0.799. The molecule has 1 unspecified atom stereocenters. The Balaban J connectivity index is 2.46. The van der Waals surface area contributed by atoms with E-state index in [-0.39, 0.29) is 17.4 Å². The molecule has 0 fully saturated rings. The largest absolute Gasteiger partial charge is 0.480 e. The molecule has 1 aromatic carbocycles. The zero-order chi connectivity index (χ0) is 14.4. The summed E-state index contributed by atoms with van der Waals surface area (Å²) in [7, 11) is 0. The van der Waals surface area contributed by atoms with Crippen molar-refractivity contribution >= 4 is 29.3 Å². The van der Waals surface area contributed by atoms with Crippen LogP contribution in [0.2, 0.25) is 0 Å². The standard InChI is InChI=1S/C13H18N2O3S/c1-8-4-3-5-9(2)12(8)15-11(16)7-19-6-10(14)13(17)18/h3-5,10H,6-7,14H2,1-2H3,(H,15,16)(H,17,18). The van der Waals surface area contributed by atoms with E-state index < -0.39 is 12.0 Å². The maximum Gasteiger partial charge on any atom is 0.321 e. The van der Waals surface area contributed by atoms with Gasteiger partial charge in [0, 0.05) is 11.4 Å². The van der Waals surface area contributed by atoms with Crippen molar-refractivity contribution in [2.24, 2.45) is 5.73 Å². The van der Waals surface area contributed by atoms with Gasteiger partial charge in [0.1, 0.15) is 6.04 Å². The summed E-state index contributed by atoms with van der Waals surface area (Å²) in [6, 6.07) is 4.85. The molecule has 0 heterocycles. The van der Waals surface area contributed by atoms with Gasteiger partial charge in [0.05, 0.1) is 5.75 Å². The smallest absolute Gasteiger partial charge is 0.321 e. The van der Waals surface area contributed by atoms with E-state index in [0.717, 1.165) is 16.8 Å². The average Bonchev–Trinajstić information content (AvgIpc) is 2.33. The first-order valence-corrected chi connectivity index (χ1v) is 6.99. The number of carboxylic acids is 1.